The summed E-state index contributed by atoms with van der Waals surface area (Å²) in [7, 11) is 0. The maximum absolute atomic E-state index is 11.0. The maximum Gasteiger partial charge on any atom is 0.372 e. The fourth-order valence-electron chi connectivity index (χ4n) is 0.820. The molecule has 1 aromatic rings. The molecule has 0 radical (unpaired) electrons. The summed E-state index contributed by atoms with van der Waals surface area (Å²) in [5.41, 5.74) is -1.62. The minimum absolute atomic E-state index is 0.154. The van der Waals surface area contributed by atoms with Crippen molar-refractivity contribution in [1.29, 1.82) is 0 Å². The summed E-state index contributed by atoms with van der Waals surface area (Å²) in [4.78, 5) is 37.4. The summed E-state index contributed by atoms with van der Waals surface area (Å²) in [5, 5.41) is 8.42. The van der Waals surface area contributed by atoms with E-state index >= 15 is 0 Å². The molecular weight excluding hydrogens is 178 g/mol. The first kappa shape index (κ1) is 9.17. The number of H-pyrrole nitrogens is 1. The minimum atomic E-state index is -1.43. The van der Waals surface area contributed by atoms with E-state index in [4.69, 9.17) is 5.11 Å². The van der Waals surface area contributed by atoms with Crippen LogP contribution in [0.2, 0.25) is 0 Å². The van der Waals surface area contributed by atoms with E-state index in [1.807, 2.05) is 4.98 Å². The van der Waals surface area contributed by atoms with Gasteiger partial charge in [0.1, 0.15) is 0 Å². The third-order valence-corrected chi connectivity index (χ3v) is 1.43. The molecule has 0 saturated carbocycles. The summed E-state index contributed by atoms with van der Waals surface area (Å²) in [6, 6.07) is 0. The van der Waals surface area contributed by atoms with Crippen LogP contribution in [0.5, 0.6) is 0 Å². The zero-order chi connectivity index (χ0) is 10.0. The van der Waals surface area contributed by atoms with Crippen molar-refractivity contribution in [2.45, 2.75) is 13.5 Å². The number of carboxylic acids is 1. The van der Waals surface area contributed by atoms with Crippen LogP contribution in [-0.4, -0.2) is 25.6 Å². The molecule has 0 fully saturated rings. The summed E-state index contributed by atoms with van der Waals surface area (Å²) in [6.07, 6.45) is 0. The summed E-state index contributed by atoms with van der Waals surface area (Å²) in [5.74, 6) is -2.07. The Labute approximate surface area is 71.7 Å². The predicted molar refractivity (Wildman–Crippen MR) is 41.8 cm³/mol. The molecule has 0 aliphatic heterocycles. The monoisotopic (exact) mass is 185 g/mol. The second-order valence-electron chi connectivity index (χ2n) is 2.22. The molecule has 0 aromatic carbocycles. The fraction of sp³-hybridized carbons (Fsp3) is 0.333. The van der Waals surface area contributed by atoms with Gasteiger partial charge in [0.25, 0.3) is 0 Å². The van der Waals surface area contributed by atoms with Crippen LogP contribution in [0.3, 0.4) is 0 Å². The highest BCUT2D eigenvalue weighted by atomic mass is 16.4. The molecule has 7 nitrogen and oxygen atoms in total. The van der Waals surface area contributed by atoms with Crippen LogP contribution in [0, 0.1) is 0 Å². The Kier molecular flexibility index (Phi) is 2.27. The molecule has 7 heteroatoms. The Morgan fingerprint density at radius 3 is 2.62 bits per heavy atom. The number of aromatic amines is 1. The average molecular weight is 185 g/mol. The zero-order valence-corrected chi connectivity index (χ0v) is 6.77. The van der Waals surface area contributed by atoms with E-state index in [-0.39, 0.29) is 6.54 Å². The van der Waals surface area contributed by atoms with Crippen molar-refractivity contribution in [2.75, 3.05) is 0 Å². The van der Waals surface area contributed by atoms with Crippen LogP contribution in [-0.2, 0) is 6.54 Å². The number of carboxylic acid groups (broad SMARTS) is 1. The highest BCUT2D eigenvalue weighted by molar-refractivity contribution is 5.82. The first-order valence-electron chi connectivity index (χ1n) is 3.50. The summed E-state index contributed by atoms with van der Waals surface area (Å²) in [6.45, 7) is 1.74. The number of nitrogens with one attached hydrogen (secondary N) is 1. The third kappa shape index (κ3) is 1.63. The van der Waals surface area contributed by atoms with E-state index < -0.39 is 23.2 Å². The number of hydrogen-bond acceptors (Lipinski definition) is 4. The molecule has 1 heterocycles. The average Bonchev–Trinajstić information content (AvgIpc) is 2.03. The van der Waals surface area contributed by atoms with Gasteiger partial charge >= 0.3 is 17.3 Å². The molecule has 0 atom stereocenters. The lowest BCUT2D eigenvalue weighted by atomic mass is 10.6. The van der Waals surface area contributed by atoms with Gasteiger partial charge in [-0.05, 0) is 6.92 Å². The number of rotatable bonds is 2. The molecule has 0 bridgehead atoms. The smallest absolute Gasteiger partial charge is 0.372 e. The van der Waals surface area contributed by atoms with Crippen LogP contribution in [0.25, 0.3) is 0 Å². The van der Waals surface area contributed by atoms with Gasteiger partial charge < -0.3 is 5.11 Å². The van der Waals surface area contributed by atoms with Crippen molar-refractivity contribution in [3.8, 4) is 0 Å². The van der Waals surface area contributed by atoms with Gasteiger partial charge in [-0.1, -0.05) is 0 Å². The highest BCUT2D eigenvalue weighted by Crippen LogP contribution is 1.78. The number of aromatic carboxylic acids is 1. The van der Waals surface area contributed by atoms with E-state index in [1.165, 1.54) is 0 Å². The lowest BCUT2D eigenvalue weighted by Crippen LogP contribution is -2.38. The largest absolute Gasteiger partial charge is 0.475 e. The van der Waals surface area contributed by atoms with Gasteiger partial charge in [0.05, 0.1) is 0 Å². The van der Waals surface area contributed by atoms with Crippen molar-refractivity contribution >= 4 is 5.97 Å². The van der Waals surface area contributed by atoms with E-state index in [2.05, 4.69) is 4.98 Å². The van der Waals surface area contributed by atoms with Crippen LogP contribution in [0.4, 0.5) is 0 Å². The highest BCUT2D eigenvalue weighted by Gasteiger charge is 2.09. The first-order valence-corrected chi connectivity index (χ1v) is 3.50. The summed E-state index contributed by atoms with van der Waals surface area (Å²) >= 11 is 0. The molecule has 70 valence electrons. The van der Waals surface area contributed by atoms with Crippen molar-refractivity contribution < 1.29 is 9.90 Å². The lowest BCUT2D eigenvalue weighted by Gasteiger charge is -1.98. The molecule has 1 aromatic heterocycles. The van der Waals surface area contributed by atoms with Crippen LogP contribution < -0.4 is 11.4 Å². The van der Waals surface area contributed by atoms with Crippen molar-refractivity contribution in [3.05, 3.63) is 26.8 Å². The molecule has 0 amide bonds. The van der Waals surface area contributed by atoms with Gasteiger partial charge in [-0.2, -0.15) is 4.98 Å². The third-order valence-electron chi connectivity index (χ3n) is 1.43. The van der Waals surface area contributed by atoms with E-state index in [0.29, 0.717) is 0 Å². The molecule has 0 unspecified atom stereocenters. The fourth-order valence-corrected chi connectivity index (χ4v) is 0.820. The van der Waals surface area contributed by atoms with Crippen molar-refractivity contribution in [3.63, 3.8) is 0 Å². The Morgan fingerprint density at radius 2 is 2.23 bits per heavy atom. The van der Waals surface area contributed by atoms with Crippen LogP contribution in [0.15, 0.2) is 9.59 Å². The lowest BCUT2D eigenvalue weighted by molar-refractivity contribution is 0.0681. The number of aromatic nitrogens is 3. The Morgan fingerprint density at radius 1 is 1.62 bits per heavy atom. The van der Waals surface area contributed by atoms with Crippen LogP contribution in [0.1, 0.15) is 17.5 Å². The topological polar surface area (TPSA) is 105 Å². The standard InChI is InChI=1S/C6H7N3O4/c1-2-9-5(12)7-3(4(10)11)8-6(9)13/h2H2,1H3,(H,10,11)(H,7,8,12,13). The number of carbonyl (C=O) groups is 1. The minimum Gasteiger partial charge on any atom is -0.475 e. The molecule has 13 heavy (non-hydrogen) atoms. The second-order valence-corrected chi connectivity index (χ2v) is 2.22. The van der Waals surface area contributed by atoms with Gasteiger partial charge in [0, 0.05) is 6.54 Å². The van der Waals surface area contributed by atoms with Gasteiger partial charge in [-0.3, -0.25) is 4.98 Å². The predicted octanol–water partition coefficient (Wildman–Crippen LogP) is -1.35. The Balaban J connectivity index is 3.47. The van der Waals surface area contributed by atoms with E-state index in [9.17, 15) is 14.4 Å². The van der Waals surface area contributed by atoms with Gasteiger partial charge in [0.2, 0.25) is 5.82 Å². The Hall–Kier alpha value is -1.92. The molecule has 2 N–H and O–H groups in total. The molecule has 0 saturated heterocycles. The molecule has 0 aliphatic carbocycles. The maximum atomic E-state index is 11.0. The summed E-state index contributed by atoms with van der Waals surface area (Å²) < 4.78 is 0.798. The quantitative estimate of drug-likeness (QED) is 0.592. The van der Waals surface area contributed by atoms with Gasteiger partial charge in [-0.15, -0.1) is 0 Å². The molecule has 0 spiro atoms. The number of nitrogens with zero attached hydrogens (tertiary/aromatic N) is 2. The zero-order valence-electron chi connectivity index (χ0n) is 6.77. The first-order chi connectivity index (χ1) is 6.06. The van der Waals surface area contributed by atoms with Gasteiger partial charge in [0.15, 0.2) is 0 Å². The molecule has 0 aliphatic rings. The number of hydrogen-bond donors (Lipinski definition) is 2. The van der Waals surface area contributed by atoms with Crippen molar-refractivity contribution in [1.82, 2.24) is 14.5 Å². The van der Waals surface area contributed by atoms with Crippen LogP contribution >= 0.6 is 0 Å². The molecular formula is C6H7N3O4. The van der Waals surface area contributed by atoms with Crippen molar-refractivity contribution in [2.24, 2.45) is 0 Å². The van der Waals surface area contributed by atoms with Gasteiger partial charge in [-0.25, -0.2) is 19.0 Å². The Bertz CT molecular complexity index is 413. The molecule has 1 rings (SSSR count). The SMILES string of the molecule is CCn1c(=O)nc(C(=O)O)[nH]c1=O. The van der Waals surface area contributed by atoms with E-state index in [0.717, 1.165) is 4.57 Å². The second kappa shape index (κ2) is 3.21. The normalized spacial score (nSPS) is 9.92. The van der Waals surface area contributed by atoms with E-state index in [1.54, 1.807) is 6.92 Å².